The van der Waals surface area contributed by atoms with Crippen molar-refractivity contribution in [2.75, 3.05) is 0 Å². The van der Waals surface area contributed by atoms with Crippen molar-refractivity contribution >= 4 is 23.2 Å². The molecular formula is C17H13ClF3N3O. The third-order valence-electron chi connectivity index (χ3n) is 3.55. The molecule has 0 radical (unpaired) electrons. The Bertz CT molecular complexity index is 921. The fourth-order valence-electron chi connectivity index (χ4n) is 2.40. The number of fused-ring (bicyclic) bond motifs is 1. The van der Waals surface area contributed by atoms with E-state index >= 15 is 0 Å². The average Bonchev–Trinajstić information content (AvgIpc) is 2.94. The molecule has 0 aliphatic rings. The molecule has 0 saturated heterocycles. The number of nitrogens with one attached hydrogen (secondary N) is 1. The van der Waals surface area contributed by atoms with Crippen molar-refractivity contribution in [2.24, 2.45) is 0 Å². The van der Waals surface area contributed by atoms with E-state index in [1.54, 1.807) is 28.9 Å². The quantitative estimate of drug-likeness (QED) is 0.761. The van der Waals surface area contributed by atoms with Gasteiger partial charge in [-0.15, -0.1) is 0 Å². The van der Waals surface area contributed by atoms with Crippen LogP contribution in [0.25, 0.3) is 5.65 Å². The number of benzene rings is 1. The number of imidazole rings is 1. The number of alkyl halides is 3. The largest absolute Gasteiger partial charge is 0.416 e. The molecule has 0 aliphatic carbocycles. The Morgan fingerprint density at radius 3 is 2.76 bits per heavy atom. The fraction of sp³-hybridized carbons (Fsp3) is 0.176. The number of carbonyl (C=O) groups excluding carboxylic acids is 1. The summed E-state index contributed by atoms with van der Waals surface area (Å²) in [6, 6.07) is 8.19. The van der Waals surface area contributed by atoms with Gasteiger partial charge in [-0.25, -0.2) is 4.98 Å². The first-order chi connectivity index (χ1) is 11.8. The molecule has 3 aromatic rings. The molecule has 0 atom stereocenters. The van der Waals surface area contributed by atoms with Crippen LogP contribution in [0, 0.1) is 0 Å². The zero-order valence-corrected chi connectivity index (χ0v) is 13.6. The summed E-state index contributed by atoms with van der Waals surface area (Å²) in [7, 11) is 0. The van der Waals surface area contributed by atoms with Crippen LogP contribution in [0.2, 0.25) is 5.02 Å². The third kappa shape index (κ3) is 4.30. The average molecular weight is 368 g/mol. The van der Waals surface area contributed by atoms with E-state index < -0.39 is 11.7 Å². The molecule has 8 heteroatoms. The number of hydrogen-bond acceptors (Lipinski definition) is 2. The molecule has 4 nitrogen and oxygen atoms in total. The summed E-state index contributed by atoms with van der Waals surface area (Å²) in [4.78, 5) is 16.3. The summed E-state index contributed by atoms with van der Waals surface area (Å²) >= 11 is 5.89. The normalized spacial score (nSPS) is 11.7. The second kappa shape index (κ2) is 6.76. The number of hydrogen-bond donors (Lipinski definition) is 1. The highest BCUT2D eigenvalue weighted by molar-refractivity contribution is 6.30. The molecule has 1 aromatic carbocycles. The van der Waals surface area contributed by atoms with Gasteiger partial charge in [0.2, 0.25) is 5.91 Å². The van der Waals surface area contributed by atoms with E-state index in [1.807, 2.05) is 0 Å². The highest BCUT2D eigenvalue weighted by Crippen LogP contribution is 2.29. The third-order valence-corrected chi connectivity index (χ3v) is 3.77. The molecule has 0 spiro atoms. The van der Waals surface area contributed by atoms with Crippen molar-refractivity contribution in [3.8, 4) is 0 Å². The first kappa shape index (κ1) is 17.3. The van der Waals surface area contributed by atoms with Crippen molar-refractivity contribution in [3.63, 3.8) is 0 Å². The van der Waals surface area contributed by atoms with Crippen LogP contribution in [0.4, 0.5) is 13.2 Å². The molecule has 0 bridgehead atoms. The van der Waals surface area contributed by atoms with Gasteiger partial charge in [0.1, 0.15) is 5.65 Å². The Morgan fingerprint density at radius 1 is 1.20 bits per heavy atom. The Morgan fingerprint density at radius 2 is 2.00 bits per heavy atom. The minimum atomic E-state index is -4.43. The number of amides is 1. The van der Waals surface area contributed by atoms with E-state index in [0.717, 1.165) is 12.1 Å². The van der Waals surface area contributed by atoms with E-state index in [1.165, 1.54) is 12.1 Å². The maximum atomic E-state index is 12.7. The van der Waals surface area contributed by atoms with Crippen LogP contribution >= 0.6 is 11.6 Å². The number of halogens is 4. The molecular weight excluding hydrogens is 355 g/mol. The van der Waals surface area contributed by atoms with Gasteiger partial charge in [-0.05, 0) is 23.8 Å². The van der Waals surface area contributed by atoms with E-state index in [4.69, 9.17) is 11.6 Å². The van der Waals surface area contributed by atoms with Gasteiger partial charge in [-0.3, -0.25) is 4.79 Å². The monoisotopic (exact) mass is 367 g/mol. The second-order valence-corrected chi connectivity index (χ2v) is 5.93. The van der Waals surface area contributed by atoms with Crippen molar-refractivity contribution in [2.45, 2.75) is 19.1 Å². The zero-order valence-electron chi connectivity index (χ0n) is 12.8. The van der Waals surface area contributed by atoms with Gasteiger partial charge in [0, 0.05) is 12.4 Å². The molecule has 130 valence electrons. The van der Waals surface area contributed by atoms with Crippen molar-refractivity contribution in [1.82, 2.24) is 14.7 Å². The zero-order chi connectivity index (χ0) is 18.0. The lowest BCUT2D eigenvalue weighted by Crippen LogP contribution is -2.24. The summed E-state index contributed by atoms with van der Waals surface area (Å²) in [5.74, 6) is -0.380. The molecule has 2 heterocycles. The molecule has 2 aromatic heterocycles. The fourth-order valence-corrected chi connectivity index (χ4v) is 2.57. The van der Waals surface area contributed by atoms with Crippen molar-refractivity contribution in [1.29, 1.82) is 0 Å². The number of carbonyl (C=O) groups is 1. The van der Waals surface area contributed by atoms with Crippen LogP contribution in [0.3, 0.4) is 0 Å². The Balaban J connectivity index is 1.62. The smallest absolute Gasteiger partial charge is 0.350 e. The Hall–Kier alpha value is -2.54. The van der Waals surface area contributed by atoms with Crippen LogP contribution in [0.5, 0.6) is 0 Å². The summed E-state index contributed by atoms with van der Waals surface area (Å²) in [6.45, 7) is 0.178. The van der Waals surface area contributed by atoms with Crippen molar-refractivity contribution in [3.05, 3.63) is 70.6 Å². The SMILES string of the molecule is O=C(Cc1cccc(C(F)(F)F)c1)NCc1cn2cc(Cl)ccc2n1. The van der Waals surface area contributed by atoms with Crippen LogP contribution in [0.1, 0.15) is 16.8 Å². The van der Waals surface area contributed by atoms with E-state index in [2.05, 4.69) is 10.3 Å². The van der Waals surface area contributed by atoms with Crippen LogP contribution in [-0.2, 0) is 23.9 Å². The summed E-state index contributed by atoms with van der Waals surface area (Å²) in [6.07, 6.45) is -1.14. The lowest BCUT2D eigenvalue weighted by atomic mass is 10.1. The maximum absolute atomic E-state index is 12.7. The van der Waals surface area contributed by atoms with E-state index in [9.17, 15) is 18.0 Å². The number of pyridine rings is 1. The predicted molar refractivity (Wildman–Crippen MR) is 87.2 cm³/mol. The minimum absolute atomic E-state index is 0.136. The van der Waals surface area contributed by atoms with Crippen LogP contribution in [0.15, 0.2) is 48.8 Å². The number of rotatable bonds is 4. The molecule has 0 fully saturated rings. The lowest BCUT2D eigenvalue weighted by molar-refractivity contribution is -0.137. The molecule has 1 amide bonds. The predicted octanol–water partition coefficient (Wildman–Crippen LogP) is 3.87. The van der Waals surface area contributed by atoms with Gasteiger partial charge >= 0.3 is 6.18 Å². The summed E-state index contributed by atoms with van der Waals surface area (Å²) < 4.78 is 39.8. The first-order valence-electron chi connectivity index (χ1n) is 7.37. The van der Waals surface area contributed by atoms with Gasteiger partial charge in [-0.1, -0.05) is 29.8 Å². The van der Waals surface area contributed by atoms with E-state index in [-0.39, 0.29) is 18.9 Å². The van der Waals surface area contributed by atoms with E-state index in [0.29, 0.717) is 21.9 Å². The number of aromatic nitrogens is 2. The van der Waals surface area contributed by atoms with Gasteiger partial charge in [-0.2, -0.15) is 13.2 Å². The Labute approximate surface area is 146 Å². The van der Waals surface area contributed by atoms with Crippen molar-refractivity contribution < 1.29 is 18.0 Å². The van der Waals surface area contributed by atoms with Gasteiger partial charge < -0.3 is 9.72 Å². The lowest BCUT2D eigenvalue weighted by Gasteiger charge is -2.08. The highest BCUT2D eigenvalue weighted by Gasteiger charge is 2.30. The molecule has 25 heavy (non-hydrogen) atoms. The second-order valence-electron chi connectivity index (χ2n) is 5.50. The number of nitrogens with zero attached hydrogens (tertiary/aromatic N) is 2. The summed E-state index contributed by atoms with van der Waals surface area (Å²) in [5, 5.41) is 3.21. The summed E-state index contributed by atoms with van der Waals surface area (Å²) in [5.41, 5.74) is 0.843. The molecule has 0 unspecified atom stereocenters. The van der Waals surface area contributed by atoms with Gasteiger partial charge in [0.25, 0.3) is 0 Å². The first-order valence-corrected chi connectivity index (χ1v) is 7.75. The van der Waals surface area contributed by atoms with Gasteiger partial charge in [0.15, 0.2) is 0 Å². The van der Waals surface area contributed by atoms with Crippen LogP contribution < -0.4 is 5.32 Å². The molecule has 0 aliphatic heterocycles. The topological polar surface area (TPSA) is 46.4 Å². The molecule has 0 saturated carbocycles. The highest BCUT2D eigenvalue weighted by atomic mass is 35.5. The Kier molecular flexibility index (Phi) is 4.67. The van der Waals surface area contributed by atoms with Gasteiger partial charge in [0.05, 0.1) is 29.2 Å². The van der Waals surface area contributed by atoms with Crippen LogP contribution in [-0.4, -0.2) is 15.3 Å². The molecule has 3 rings (SSSR count). The standard InChI is InChI=1S/C17H13ClF3N3O/c18-13-4-5-15-23-14(10-24(15)9-13)8-22-16(25)7-11-2-1-3-12(6-11)17(19,20)21/h1-6,9-10H,7-8H2,(H,22,25). The minimum Gasteiger partial charge on any atom is -0.350 e. The molecule has 1 N–H and O–H groups in total. The maximum Gasteiger partial charge on any atom is 0.416 e.